The molecule has 0 aromatic rings. The summed E-state index contributed by atoms with van der Waals surface area (Å²) in [5.74, 6) is 0. The first-order valence-electron chi connectivity index (χ1n) is 6.91. The van der Waals surface area contributed by atoms with Crippen molar-refractivity contribution in [3.8, 4) is 0 Å². The average molecular weight is 227 g/mol. The topological polar surface area (TPSA) is 9.23 Å². The van der Waals surface area contributed by atoms with E-state index in [1.54, 1.807) is 0 Å². The molecule has 0 bridgehead atoms. The van der Waals surface area contributed by atoms with Gasteiger partial charge in [0.05, 0.1) is 0 Å². The zero-order valence-electron chi connectivity index (χ0n) is 10.4. The Morgan fingerprint density at radius 2 is 1.67 bits per heavy atom. The maximum atomic E-state index is 5.82. The van der Waals surface area contributed by atoms with Crippen LogP contribution < -0.4 is 0 Å². The predicted molar refractivity (Wildman–Crippen MR) is 68.5 cm³/mol. The van der Waals surface area contributed by atoms with Crippen molar-refractivity contribution >= 4 is 9.04 Å². The van der Waals surface area contributed by atoms with Crippen molar-refractivity contribution in [1.29, 1.82) is 0 Å². The highest BCUT2D eigenvalue weighted by Crippen LogP contribution is 2.17. The van der Waals surface area contributed by atoms with Crippen LogP contribution in [0, 0.1) is 0 Å². The molecule has 0 unspecified atom stereocenters. The molecule has 1 saturated heterocycles. The third-order valence-corrected chi connectivity index (χ3v) is 5.65. The summed E-state index contributed by atoms with van der Waals surface area (Å²) in [6.45, 7) is 3.34. The van der Waals surface area contributed by atoms with E-state index in [4.69, 9.17) is 4.43 Å². The van der Waals surface area contributed by atoms with Gasteiger partial charge in [-0.15, -0.1) is 0 Å². The standard InChI is InChI=1S/C13H27OSi/c1-2-3-4-5-6-7-9-12-15-13-10-8-11-14-15/h2-13H2,1H3. The lowest BCUT2D eigenvalue weighted by atomic mass is 10.1. The van der Waals surface area contributed by atoms with Gasteiger partial charge in [0.25, 0.3) is 0 Å². The molecule has 0 atom stereocenters. The van der Waals surface area contributed by atoms with Gasteiger partial charge in [0, 0.05) is 6.61 Å². The van der Waals surface area contributed by atoms with Gasteiger partial charge in [0.15, 0.2) is 0 Å². The van der Waals surface area contributed by atoms with Gasteiger partial charge in [-0.2, -0.15) is 0 Å². The summed E-state index contributed by atoms with van der Waals surface area (Å²) in [5.41, 5.74) is 0. The molecule has 0 aromatic heterocycles. The van der Waals surface area contributed by atoms with E-state index in [9.17, 15) is 0 Å². The monoisotopic (exact) mass is 227 g/mol. The van der Waals surface area contributed by atoms with Crippen molar-refractivity contribution in [3.63, 3.8) is 0 Å². The van der Waals surface area contributed by atoms with Crippen molar-refractivity contribution < 1.29 is 4.43 Å². The lowest BCUT2D eigenvalue weighted by molar-refractivity contribution is 0.285. The van der Waals surface area contributed by atoms with Crippen LogP contribution in [0.5, 0.6) is 0 Å². The Labute approximate surface area is 97.3 Å². The molecule has 0 aromatic carbocycles. The fourth-order valence-corrected chi connectivity index (χ4v) is 4.45. The van der Waals surface area contributed by atoms with Crippen LogP contribution in [0.15, 0.2) is 0 Å². The minimum Gasteiger partial charge on any atom is -0.417 e. The molecule has 1 radical (unpaired) electrons. The summed E-state index contributed by atoms with van der Waals surface area (Å²) in [4.78, 5) is 0. The zero-order valence-corrected chi connectivity index (χ0v) is 11.4. The Hall–Kier alpha value is 0.177. The minimum atomic E-state index is -0.345. The second-order valence-electron chi connectivity index (χ2n) is 4.72. The molecular weight excluding hydrogens is 200 g/mol. The zero-order chi connectivity index (χ0) is 10.8. The molecule has 2 heteroatoms. The maximum absolute atomic E-state index is 5.82. The van der Waals surface area contributed by atoms with E-state index in [-0.39, 0.29) is 9.04 Å². The molecule has 0 saturated carbocycles. The fourth-order valence-electron chi connectivity index (χ4n) is 2.19. The van der Waals surface area contributed by atoms with Crippen LogP contribution in [0.25, 0.3) is 0 Å². The Kier molecular flexibility index (Phi) is 8.30. The quantitative estimate of drug-likeness (QED) is 0.437. The second kappa shape index (κ2) is 9.41. The normalized spacial score (nSPS) is 18.2. The van der Waals surface area contributed by atoms with Crippen LogP contribution in [0.2, 0.25) is 12.1 Å². The van der Waals surface area contributed by atoms with Crippen LogP contribution in [-0.4, -0.2) is 15.6 Å². The molecule has 0 spiro atoms. The van der Waals surface area contributed by atoms with E-state index in [0.29, 0.717) is 0 Å². The van der Waals surface area contributed by atoms with E-state index in [1.165, 1.54) is 69.9 Å². The van der Waals surface area contributed by atoms with Gasteiger partial charge in [-0.3, -0.25) is 0 Å². The van der Waals surface area contributed by atoms with Crippen molar-refractivity contribution in [2.45, 2.75) is 76.8 Å². The second-order valence-corrected chi connectivity index (χ2v) is 7.08. The minimum absolute atomic E-state index is 0.345. The Balaban J connectivity index is 1.79. The third kappa shape index (κ3) is 7.12. The lowest BCUT2D eigenvalue weighted by Gasteiger charge is -2.19. The van der Waals surface area contributed by atoms with Gasteiger partial charge < -0.3 is 4.43 Å². The Morgan fingerprint density at radius 3 is 2.33 bits per heavy atom. The van der Waals surface area contributed by atoms with Crippen molar-refractivity contribution in [2.75, 3.05) is 6.61 Å². The number of unbranched alkanes of at least 4 members (excludes halogenated alkanes) is 6. The van der Waals surface area contributed by atoms with Crippen LogP contribution in [0.4, 0.5) is 0 Å². The molecule has 0 N–H and O–H groups in total. The van der Waals surface area contributed by atoms with Crippen molar-refractivity contribution in [3.05, 3.63) is 0 Å². The summed E-state index contributed by atoms with van der Waals surface area (Å²) in [6.07, 6.45) is 12.8. The molecule has 1 aliphatic rings. The third-order valence-electron chi connectivity index (χ3n) is 3.22. The molecule has 89 valence electrons. The first-order valence-corrected chi connectivity index (χ1v) is 8.73. The van der Waals surface area contributed by atoms with Gasteiger partial charge >= 0.3 is 0 Å². The van der Waals surface area contributed by atoms with E-state index in [1.807, 2.05) is 0 Å². The van der Waals surface area contributed by atoms with E-state index >= 15 is 0 Å². The first-order chi connectivity index (χ1) is 7.43. The van der Waals surface area contributed by atoms with Crippen LogP contribution in [0.3, 0.4) is 0 Å². The van der Waals surface area contributed by atoms with Crippen molar-refractivity contribution in [1.82, 2.24) is 0 Å². The summed E-state index contributed by atoms with van der Waals surface area (Å²) >= 11 is 0. The maximum Gasteiger partial charge on any atom is 0.211 e. The van der Waals surface area contributed by atoms with E-state index in [0.717, 1.165) is 6.61 Å². The molecule has 0 aliphatic carbocycles. The summed E-state index contributed by atoms with van der Waals surface area (Å²) in [7, 11) is -0.345. The van der Waals surface area contributed by atoms with E-state index in [2.05, 4.69) is 6.92 Å². The Morgan fingerprint density at radius 1 is 0.933 bits per heavy atom. The van der Waals surface area contributed by atoms with Gasteiger partial charge in [-0.05, 0) is 18.5 Å². The average Bonchev–Trinajstić information content (AvgIpc) is 2.29. The fraction of sp³-hybridized carbons (Fsp3) is 1.00. The first kappa shape index (κ1) is 13.2. The summed E-state index contributed by atoms with van der Waals surface area (Å²) in [5, 5.41) is 0. The van der Waals surface area contributed by atoms with Gasteiger partial charge in [-0.1, -0.05) is 58.3 Å². The highest BCUT2D eigenvalue weighted by molar-refractivity contribution is 6.51. The molecule has 1 nitrogen and oxygen atoms in total. The summed E-state index contributed by atoms with van der Waals surface area (Å²) in [6, 6.07) is 2.83. The molecule has 1 fully saturated rings. The molecule has 0 amide bonds. The smallest absolute Gasteiger partial charge is 0.211 e. The van der Waals surface area contributed by atoms with Crippen LogP contribution in [0.1, 0.15) is 64.7 Å². The van der Waals surface area contributed by atoms with Gasteiger partial charge in [0.2, 0.25) is 9.04 Å². The molecule has 1 rings (SSSR count). The molecular formula is C13H27OSi. The van der Waals surface area contributed by atoms with Crippen molar-refractivity contribution in [2.24, 2.45) is 0 Å². The molecule has 1 aliphatic heterocycles. The number of hydrogen-bond acceptors (Lipinski definition) is 1. The molecule has 1 heterocycles. The van der Waals surface area contributed by atoms with Gasteiger partial charge in [-0.25, -0.2) is 0 Å². The Bertz CT molecular complexity index is 132. The number of rotatable bonds is 8. The van der Waals surface area contributed by atoms with Crippen LogP contribution in [-0.2, 0) is 4.43 Å². The predicted octanol–water partition coefficient (Wildman–Crippen LogP) is 4.54. The highest BCUT2D eigenvalue weighted by Gasteiger charge is 2.15. The van der Waals surface area contributed by atoms with Gasteiger partial charge in [0.1, 0.15) is 0 Å². The van der Waals surface area contributed by atoms with E-state index < -0.39 is 0 Å². The SMILES string of the molecule is CCCCCCCCC[Si]1CCCCO1. The summed E-state index contributed by atoms with van der Waals surface area (Å²) < 4.78 is 5.82. The largest absolute Gasteiger partial charge is 0.417 e. The number of hydrogen-bond donors (Lipinski definition) is 0. The lowest BCUT2D eigenvalue weighted by Crippen LogP contribution is -2.22. The molecule has 15 heavy (non-hydrogen) atoms. The highest BCUT2D eigenvalue weighted by atomic mass is 28.3. The van der Waals surface area contributed by atoms with Crippen LogP contribution >= 0.6 is 0 Å².